The first-order valence-electron chi connectivity index (χ1n) is 6.74. The Kier molecular flexibility index (Phi) is 4.69. The molecule has 1 atom stereocenters. The van der Waals surface area contributed by atoms with Crippen LogP contribution in [0, 0.1) is 6.92 Å². The first-order valence-corrected chi connectivity index (χ1v) is 6.74. The standard InChI is InChI=1S/C13H19N5O3/c1-8-6-10(18(3)17-8)13-16-15-12(21-13)5-4-11(20)14-7-9(2)19/h6,9,19H,4-5,7H2,1-3H3,(H,14,20). The number of rotatable bonds is 6. The van der Waals surface area contributed by atoms with Gasteiger partial charge < -0.3 is 14.8 Å². The molecule has 2 N–H and O–H groups in total. The van der Waals surface area contributed by atoms with Crippen molar-refractivity contribution in [3.63, 3.8) is 0 Å². The van der Waals surface area contributed by atoms with Crippen LogP contribution >= 0.6 is 0 Å². The summed E-state index contributed by atoms with van der Waals surface area (Å²) in [6.07, 6.45) is 0.0332. The van der Waals surface area contributed by atoms with Gasteiger partial charge >= 0.3 is 0 Å². The zero-order valence-corrected chi connectivity index (χ0v) is 12.3. The minimum atomic E-state index is -0.558. The minimum Gasteiger partial charge on any atom is -0.419 e. The summed E-state index contributed by atoms with van der Waals surface area (Å²) in [7, 11) is 1.80. The molecule has 0 saturated heterocycles. The van der Waals surface area contributed by atoms with Gasteiger partial charge in [-0.1, -0.05) is 0 Å². The molecule has 114 valence electrons. The van der Waals surface area contributed by atoms with E-state index in [1.807, 2.05) is 13.0 Å². The first-order chi connectivity index (χ1) is 9.95. The molecule has 1 unspecified atom stereocenters. The van der Waals surface area contributed by atoms with Crippen molar-refractivity contribution < 1.29 is 14.3 Å². The summed E-state index contributed by atoms with van der Waals surface area (Å²) in [4.78, 5) is 11.5. The molecule has 0 saturated carbocycles. The van der Waals surface area contributed by atoms with Gasteiger partial charge in [0, 0.05) is 26.4 Å². The third-order valence-corrected chi connectivity index (χ3v) is 2.85. The maximum absolute atomic E-state index is 11.5. The number of carbonyl (C=O) groups excluding carboxylic acids is 1. The highest BCUT2D eigenvalue weighted by Crippen LogP contribution is 2.18. The Bertz CT molecular complexity index is 617. The van der Waals surface area contributed by atoms with Crippen LogP contribution in [0.15, 0.2) is 10.5 Å². The lowest BCUT2D eigenvalue weighted by Crippen LogP contribution is -2.30. The number of amides is 1. The van der Waals surface area contributed by atoms with Crippen molar-refractivity contribution in [3.05, 3.63) is 17.7 Å². The molecular formula is C13H19N5O3. The first kappa shape index (κ1) is 15.2. The van der Waals surface area contributed by atoms with E-state index in [2.05, 4.69) is 20.6 Å². The van der Waals surface area contributed by atoms with Gasteiger partial charge in [0.2, 0.25) is 11.8 Å². The molecule has 2 heterocycles. The number of aromatic nitrogens is 4. The van der Waals surface area contributed by atoms with Gasteiger partial charge in [0.15, 0.2) is 0 Å². The van der Waals surface area contributed by atoms with Crippen molar-refractivity contribution >= 4 is 5.91 Å². The monoisotopic (exact) mass is 293 g/mol. The van der Waals surface area contributed by atoms with E-state index in [4.69, 9.17) is 9.52 Å². The van der Waals surface area contributed by atoms with Crippen LogP contribution in [0.4, 0.5) is 0 Å². The number of hydrogen-bond acceptors (Lipinski definition) is 6. The average molecular weight is 293 g/mol. The number of aliphatic hydroxyl groups is 1. The number of carbonyl (C=O) groups is 1. The fourth-order valence-electron chi connectivity index (χ4n) is 1.84. The van der Waals surface area contributed by atoms with Gasteiger partial charge in [-0.25, -0.2) is 0 Å². The zero-order chi connectivity index (χ0) is 15.4. The van der Waals surface area contributed by atoms with E-state index in [0.717, 1.165) is 11.4 Å². The van der Waals surface area contributed by atoms with Gasteiger partial charge in [-0.3, -0.25) is 9.48 Å². The van der Waals surface area contributed by atoms with Crippen molar-refractivity contribution in [1.82, 2.24) is 25.3 Å². The maximum atomic E-state index is 11.5. The Hall–Kier alpha value is -2.22. The van der Waals surface area contributed by atoms with Gasteiger partial charge in [0.25, 0.3) is 5.89 Å². The van der Waals surface area contributed by atoms with Crippen molar-refractivity contribution in [2.24, 2.45) is 7.05 Å². The molecule has 0 radical (unpaired) electrons. The molecule has 0 aliphatic carbocycles. The summed E-state index contributed by atoms with van der Waals surface area (Å²) in [5.74, 6) is 0.626. The smallest absolute Gasteiger partial charge is 0.265 e. The molecule has 2 rings (SSSR count). The van der Waals surface area contributed by atoms with Crippen LogP contribution in [-0.2, 0) is 18.3 Å². The highest BCUT2D eigenvalue weighted by molar-refractivity contribution is 5.76. The van der Waals surface area contributed by atoms with E-state index in [-0.39, 0.29) is 18.9 Å². The third-order valence-electron chi connectivity index (χ3n) is 2.85. The maximum Gasteiger partial charge on any atom is 0.265 e. The molecule has 0 aromatic carbocycles. The predicted molar refractivity (Wildman–Crippen MR) is 74.2 cm³/mol. The second kappa shape index (κ2) is 6.49. The normalized spacial score (nSPS) is 12.4. The van der Waals surface area contributed by atoms with Gasteiger partial charge in [0.05, 0.1) is 11.8 Å². The zero-order valence-electron chi connectivity index (χ0n) is 12.3. The number of aryl methyl sites for hydroxylation is 3. The molecule has 0 aliphatic heterocycles. The molecule has 0 spiro atoms. The highest BCUT2D eigenvalue weighted by atomic mass is 16.4. The van der Waals surface area contributed by atoms with Crippen LogP contribution in [0.1, 0.15) is 24.9 Å². The summed E-state index contributed by atoms with van der Waals surface area (Å²) in [5.41, 5.74) is 1.61. The van der Waals surface area contributed by atoms with Gasteiger partial charge in [0.1, 0.15) is 5.69 Å². The van der Waals surface area contributed by atoms with E-state index in [1.165, 1.54) is 0 Å². The lowest BCUT2D eigenvalue weighted by molar-refractivity contribution is -0.121. The molecule has 1 amide bonds. The Morgan fingerprint density at radius 1 is 1.52 bits per heavy atom. The highest BCUT2D eigenvalue weighted by Gasteiger charge is 2.14. The van der Waals surface area contributed by atoms with E-state index in [1.54, 1.807) is 18.7 Å². The molecule has 0 bridgehead atoms. The Balaban J connectivity index is 1.92. The van der Waals surface area contributed by atoms with Crippen LogP contribution in [0.5, 0.6) is 0 Å². The molecule has 2 aromatic heterocycles. The largest absolute Gasteiger partial charge is 0.419 e. The van der Waals surface area contributed by atoms with E-state index in [0.29, 0.717) is 18.2 Å². The summed E-state index contributed by atoms with van der Waals surface area (Å²) in [5, 5.41) is 23.8. The minimum absolute atomic E-state index is 0.160. The Morgan fingerprint density at radius 3 is 2.90 bits per heavy atom. The molecule has 21 heavy (non-hydrogen) atoms. The van der Waals surface area contributed by atoms with Crippen molar-refractivity contribution in [2.45, 2.75) is 32.8 Å². The van der Waals surface area contributed by atoms with Gasteiger partial charge in [-0.05, 0) is 19.9 Å². The lowest BCUT2D eigenvalue weighted by Gasteiger charge is -2.05. The van der Waals surface area contributed by atoms with Crippen LogP contribution in [0.2, 0.25) is 0 Å². The topological polar surface area (TPSA) is 106 Å². The fraction of sp³-hybridized carbons (Fsp3) is 0.538. The van der Waals surface area contributed by atoms with Crippen LogP contribution in [0.25, 0.3) is 11.6 Å². The summed E-state index contributed by atoms with van der Waals surface area (Å²) in [6.45, 7) is 3.73. The number of nitrogens with zero attached hydrogens (tertiary/aromatic N) is 4. The van der Waals surface area contributed by atoms with E-state index < -0.39 is 6.10 Å². The second-order valence-electron chi connectivity index (χ2n) is 4.95. The number of aliphatic hydroxyl groups excluding tert-OH is 1. The van der Waals surface area contributed by atoms with Crippen LogP contribution in [-0.4, -0.2) is 43.6 Å². The quantitative estimate of drug-likeness (QED) is 0.788. The summed E-state index contributed by atoms with van der Waals surface area (Å²) in [6, 6.07) is 1.85. The molecule has 8 heteroatoms. The second-order valence-corrected chi connectivity index (χ2v) is 4.95. The lowest BCUT2D eigenvalue weighted by atomic mass is 10.3. The Labute approximate surface area is 122 Å². The molecular weight excluding hydrogens is 274 g/mol. The SMILES string of the molecule is Cc1cc(-c2nnc(CCC(=O)NCC(C)O)o2)n(C)n1. The van der Waals surface area contributed by atoms with E-state index in [9.17, 15) is 4.79 Å². The van der Waals surface area contributed by atoms with Crippen molar-refractivity contribution in [2.75, 3.05) is 6.54 Å². The fourth-order valence-corrected chi connectivity index (χ4v) is 1.84. The predicted octanol–water partition coefficient (Wildman–Crippen LogP) is 0.208. The number of hydrogen-bond donors (Lipinski definition) is 2. The van der Waals surface area contributed by atoms with Crippen molar-refractivity contribution in [1.29, 1.82) is 0 Å². The van der Waals surface area contributed by atoms with Gasteiger partial charge in [-0.2, -0.15) is 5.10 Å². The molecule has 8 nitrogen and oxygen atoms in total. The van der Waals surface area contributed by atoms with Crippen molar-refractivity contribution in [3.8, 4) is 11.6 Å². The van der Waals surface area contributed by atoms with E-state index >= 15 is 0 Å². The van der Waals surface area contributed by atoms with Crippen LogP contribution < -0.4 is 5.32 Å². The molecule has 2 aromatic rings. The Morgan fingerprint density at radius 2 is 2.29 bits per heavy atom. The number of nitrogens with one attached hydrogen (secondary N) is 1. The third kappa shape index (κ3) is 4.12. The molecule has 0 aliphatic rings. The van der Waals surface area contributed by atoms with Gasteiger partial charge in [-0.15, -0.1) is 10.2 Å². The molecule has 0 fully saturated rings. The summed E-state index contributed by atoms with van der Waals surface area (Å²) < 4.78 is 7.20. The average Bonchev–Trinajstić information content (AvgIpc) is 3.00. The van der Waals surface area contributed by atoms with Crippen LogP contribution in [0.3, 0.4) is 0 Å². The summed E-state index contributed by atoms with van der Waals surface area (Å²) >= 11 is 0.